The normalized spacial score (nSPS) is 11.4. The molecule has 0 spiro atoms. The Morgan fingerprint density at radius 2 is 0.474 bits per heavy atom. The zero-order valence-corrected chi connectivity index (χ0v) is 43.3. The van der Waals surface area contributed by atoms with Crippen LogP contribution in [-0.2, 0) is 25.7 Å². The lowest BCUT2D eigenvalue weighted by atomic mass is 9.89. The van der Waals surface area contributed by atoms with Gasteiger partial charge in [0.05, 0.1) is 68.3 Å². The van der Waals surface area contributed by atoms with E-state index in [0.717, 1.165) is 149 Å². The Bertz CT molecular complexity index is 3450. The second kappa shape index (κ2) is 20.8. The quantitative estimate of drug-likeness (QED) is 0.0888. The van der Waals surface area contributed by atoms with Crippen LogP contribution in [0.5, 0.6) is 0 Å². The molecule has 0 saturated carbocycles. The standard InChI is InChI=1S/C68H58N8/c1-5-55-59(33-21-41-69-55)73(47-25-13-9-14-26-47)63-45-64(74(48-27-15-10-16-28-48)60-34-22-42-70-56(60)6-2)52-39-40-54-66(76(50-31-19-12-20-32-50)62-36-24-44-72-58(62)8-4)46-65(53-38-37-51(63)67(52)68(53)54)75(49-29-17-11-18-30-49)61-35-23-43-71-57(61)7-3/h9-46H,5-8H2,1-4H3. The predicted molar refractivity (Wildman–Crippen MR) is 318 cm³/mol. The maximum Gasteiger partial charge on any atom is 0.0677 e. The van der Waals surface area contributed by atoms with E-state index in [-0.39, 0.29) is 0 Å². The molecule has 12 rings (SSSR count). The first kappa shape index (κ1) is 47.6. The molecule has 8 aromatic carbocycles. The third-order valence-corrected chi connectivity index (χ3v) is 14.6. The van der Waals surface area contributed by atoms with Gasteiger partial charge in [0.2, 0.25) is 0 Å². The van der Waals surface area contributed by atoms with Gasteiger partial charge in [0, 0.05) is 79.9 Å². The zero-order chi connectivity index (χ0) is 51.5. The van der Waals surface area contributed by atoms with E-state index in [1.165, 1.54) is 0 Å². The van der Waals surface area contributed by atoms with Crippen molar-refractivity contribution in [1.29, 1.82) is 0 Å². The van der Waals surface area contributed by atoms with Crippen molar-refractivity contribution in [3.63, 3.8) is 0 Å². The summed E-state index contributed by atoms with van der Waals surface area (Å²) < 4.78 is 0. The van der Waals surface area contributed by atoms with Crippen LogP contribution in [0.3, 0.4) is 0 Å². The Morgan fingerprint density at radius 1 is 0.250 bits per heavy atom. The summed E-state index contributed by atoms with van der Waals surface area (Å²) in [6.07, 6.45) is 10.6. The maximum atomic E-state index is 5.03. The number of aryl methyl sites for hydroxylation is 4. The van der Waals surface area contributed by atoms with Gasteiger partial charge < -0.3 is 19.6 Å². The van der Waals surface area contributed by atoms with E-state index in [1.54, 1.807) is 0 Å². The minimum Gasteiger partial charge on any atom is -0.308 e. The van der Waals surface area contributed by atoms with Crippen LogP contribution < -0.4 is 19.6 Å². The summed E-state index contributed by atoms with van der Waals surface area (Å²) >= 11 is 0. The van der Waals surface area contributed by atoms with Crippen LogP contribution in [0, 0.1) is 0 Å². The van der Waals surface area contributed by atoms with Crippen molar-refractivity contribution in [2.45, 2.75) is 53.4 Å². The SMILES string of the molecule is CCc1ncccc1N(c1ccccc1)c1cc(N(c2ccccc2)c2cccnc2CC)c2ccc3c(N(c4ccccc4)c4cccnc4CC)cc(N(c4ccccc4)c4cccnc4CC)c4ccc1c2c43. The largest absolute Gasteiger partial charge is 0.308 e. The van der Waals surface area contributed by atoms with Crippen molar-refractivity contribution < 1.29 is 0 Å². The highest BCUT2D eigenvalue weighted by Gasteiger charge is 2.31. The number of nitrogens with zero attached hydrogens (tertiary/aromatic N) is 8. The first-order valence-corrected chi connectivity index (χ1v) is 26.5. The van der Waals surface area contributed by atoms with E-state index in [0.29, 0.717) is 0 Å². The van der Waals surface area contributed by atoms with Gasteiger partial charge in [-0.05, 0) is 135 Å². The number of anilines is 12. The lowest BCUT2D eigenvalue weighted by Crippen LogP contribution is -2.18. The fourth-order valence-electron chi connectivity index (χ4n) is 11.2. The van der Waals surface area contributed by atoms with Crippen molar-refractivity contribution >= 4 is 101 Å². The highest BCUT2D eigenvalue weighted by Crippen LogP contribution is 2.55. The van der Waals surface area contributed by atoms with Crippen LogP contribution >= 0.6 is 0 Å². The van der Waals surface area contributed by atoms with Crippen molar-refractivity contribution in [3.05, 3.63) is 254 Å². The minimum atomic E-state index is 0.753. The Morgan fingerprint density at radius 3 is 0.684 bits per heavy atom. The van der Waals surface area contributed by atoms with Crippen LogP contribution in [0.1, 0.15) is 50.5 Å². The molecule has 76 heavy (non-hydrogen) atoms. The molecule has 8 heteroatoms. The Balaban J connectivity index is 1.32. The molecule has 0 fully saturated rings. The molecule has 0 N–H and O–H groups in total. The average Bonchev–Trinajstić information content (AvgIpc) is 3.67. The van der Waals surface area contributed by atoms with Crippen molar-refractivity contribution in [2.24, 2.45) is 0 Å². The lowest BCUT2D eigenvalue weighted by Gasteiger charge is -2.35. The molecule has 12 aromatic rings. The molecule has 0 aliphatic rings. The Kier molecular flexibility index (Phi) is 13.1. The summed E-state index contributed by atoms with van der Waals surface area (Å²) in [4.78, 5) is 29.8. The first-order chi connectivity index (χ1) is 37.6. The van der Waals surface area contributed by atoms with Gasteiger partial charge in [-0.3, -0.25) is 19.9 Å². The zero-order valence-electron chi connectivity index (χ0n) is 43.3. The van der Waals surface area contributed by atoms with Crippen molar-refractivity contribution in [1.82, 2.24) is 19.9 Å². The summed E-state index contributed by atoms with van der Waals surface area (Å²) in [6, 6.07) is 74.4. The van der Waals surface area contributed by atoms with Gasteiger partial charge in [-0.2, -0.15) is 0 Å². The molecule has 0 aliphatic heterocycles. The van der Waals surface area contributed by atoms with E-state index in [1.807, 2.05) is 24.8 Å². The molecule has 0 radical (unpaired) electrons. The van der Waals surface area contributed by atoms with E-state index in [4.69, 9.17) is 19.9 Å². The molecule has 0 unspecified atom stereocenters. The topological polar surface area (TPSA) is 64.5 Å². The summed E-state index contributed by atoms with van der Waals surface area (Å²) in [6.45, 7) is 8.76. The minimum absolute atomic E-state index is 0.753. The van der Waals surface area contributed by atoms with Crippen LogP contribution in [0.25, 0.3) is 32.3 Å². The highest BCUT2D eigenvalue weighted by molar-refractivity contribution is 6.33. The van der Waals surface area contributed by atoms with E-state index < -0.39 is 0 Å². The second-order valence-corrected chi connectivity index (χ2v) is 18.9. The van der Waals surface area contributed by atoms with Gasteiger partial charge in [-0.15, -0.1) is 0 Å². The van der Waals surface area contributed by atoms with Crippen molar-refractivity contribution in [2.75, 3.05) is 19.6 Å². The monoisotopic (exact) mass is 986 g/mol. The number of para-hydroxylation sites is 4. The lowest BCUT2D eigenvalue weighted by molar-refractivity contribution is 1.02. The van der Waals surface area contributed by atoms with Gasteiger partial charge in [0.15, 0.2) is 0 Å². The summed E-state index contributed by atoms with van der Waals surface area (Å²) in [5, 5.41) is 6.70. The fourth-order valence-corrected chi connectivity index (χ4v) is 11.2. The molecule has 0 amide bonds. The Hall–Kier alpha value is -9.40. The first-order valence-electron chi connectivity index (χ1n) is 26.5. The van der Waals surface area contributed by atoms with Gasteiger partial charge in [-0.1, -0.05) is 125 Å². The molecule has 0 bridgehead atoms. The summed E-state index contributed by atoms with van der Waals surface area (Å²) in [5.74, 6) is 0. The average molecular weight is 987 g/mol. The Labute approximate surface area is 445 Å². The highest BCUT2D eigenvalue weighted by atomic mass is 15.2. The molecule has 8 nitrogen and oxygen atoms in total. The number of aromatic nitrogens is 4. The summed E-state index contributed by atoms with van der Waals surface area (Å²) in [7, 11) is 0. The smallest absolute Gasteiger partial charge is 0.0677 e. The fraction of sp³-hybridized carbons (Fsp3) is 0.118. The van der Waals surface area contributed by atoms with E-state index >= 15 is 0 Å². The van der Waals surface area contributed by atoms with Gasteiger partial charge in [0.1, 0.15) is 0 Å². The predicted octanol–water partition coefficient (Wildman–Crippen LogP) is 18.3. The van der Waals surface area contributed by atoms with Crippen LogP contribution in [0.15, 0.2) is 231 Å². The summed E-state index contributed by atoms with van der Waals surface area (Å²) in [5.41, 5.74) is 16.4. The second-order valence-electron chi connectivity index (χ2n) is 18.9. The molecule has 370 valence electrons. The van der Waals surface area contributed by atoms with Gasteiger partial charge >= 0.3 is 0 Å². The molecule has 4 heterocycles. The number of benzene rings is 8. The molecule has 4 aromatic heterocycles. The van der Waals surface area contributed by atoms with Gasteiger partial charge in [0.25, 0.3) is 0 Å². The van der Waals surface area contributed by atoms with Crippen molar-refractivity contribution in [3.8, 4) is 0 Å². The molecular formula is C68H58N8. The van der Waals surface area contributed by atoms with Crippen LogP contribution in [0.2, 0.25) is 0 Å². The molecular weight excluding hydrogens is 929 g/mol. The number of hydrogen-bond acceptors (Lipinski definition) is 8. The third-order valence-electron chi connectivity index (χ3n) is 14.6. The van der Waals surface area contributed by atoms with E-state index in [2.05, 4.69) is 254 Å². The number of hydrogen-bond donors (Lipinski definition) is 0. The maximum absolute atomic E-state index is 5.03. The third kappa shape index (κ3) is 8.38. The number of pyridine rings is 4. The van der Waals surface area contributed by atoms with E-state index in [9.17, 15) is 0 Å². The molecule has 0 atom stereocenters. The van der Waals surface area contributed by atoms with Crippen LogP contribution in [0.4, 0.5) is 68.2 Å². The van der Waals surface area contributed by atoms with Gasteiger partial charge in [-0.25, -0.2) is 0 Å². The molecule has 0 saturated heterocycles. The van der Waals surface area contributed by atoms with Crippen LogP contribution in [-0.4, -0.2) is 19.9 Å². The number of rotatable bonds is 16. The molecule has 0 aliphatic carbocycles.